The lowest BCUT2D eigenvalue weighted by Gasteiger charge is -2.27. The van der Waals surface area contributed by atoms with Gasteiger partial charge in [-0.15, -0.1) is 0 Å². The molecule has 1 spiro atoms. The minimum atomic E-state index is -0.814. The van der Waals surface area contributed by atoms with Crippen LogP contribution in [0.1, 0.15) is 18.9 Å². The van der Waals surface area contributed by atoms with E-state index in [0.29, 0.717) is 19.8 Å². The predicted molar refractivity (Wildman–Crippen MR) is 107 cm³/mol. The second-order valence-electron chi connectivity index (χ2n) is 7.47. The van der Waals surface area contributed by atoms with Crippen LogP contribution in [0, 0.1) is 17.6 Å². The number of anilines is 2. The van der Waals surface area contributed by atoms with Gasteiger partial charge < -0.3 is 19.1 Å². The van der Waals surface area contributed by atoms with Crippen molar-refractivity contribution in [1.82, 2.24) is 0 Å². The molecule has 2 aliphatic heterocycles. The second kappa shape index (κ2) is 8.57. The third-order valence-electron chi connectivity index (χ3n) is 5.54. The molecule has 2 fully saturated rings. The zero-order valence-electron chi connectivity index (χ0n) is 16.7. The molecule has 30 heavy (non-hydrogen) atoms. The fourth-order valence-electron chi connectivity index (χ4n) is 4.09. The van der Waals surface area contributed by atoms with Crippen molar-refractivity contribution in [2.24, 2.45) is 5.92 Å². The number of carbonyl (C=O) groups is 1. The van der Waals surface area contributed by atoms with Crippen molar-refractivity contribution in [1.29, 1.82) is 0 Å². The van der Waals surface area contributed by atoms with E-state index in [4.69, 9.17) is 14.2 Å². The Labute approximate surface area is 173 Å². The Morgan fingerprint density at radius 1 is 1.20 bits per heavy atom. The monoisotopic (exact) mass is 418 g/mol. The highest BCUT2D eigenvalue weighted by molar-refractivity contribution is 5.85. The van der Waals surface area contributed by atoms with Gasteiger partial charge in [-0.3, -0.25) is 5.32 Å². The zero-order chi connectivity index (χ0) is 21.1. The first kappa shape index (κ1) is 20.6. The lowest BCUT2D eigenvalue weighted by atomic mass is 10.00. The molecule has 2 aliphatic rings. The van der Waals surface area contributed by atoms with Crippen molar-refractivity contribution in [2.75, 3.05) is 36.5 Å². The summed E-state index contributed by atoms with van der Waals surface area (Å²) in [5.41, 5.74) is 0.652. The molecule has 1 amide bonds. The summed E-state index contributed by atoms with van der Waals surface area (Å²) in [4.78, 5) is 13.6. The van der Waals surface area contributed by atoms with Gasteiger partial charge in [-0.25, -0.2) is 13.6 Å². The fraction of sp³-hybridized carbons (Fsp3) is 0.409. The van der Waals surface area contributed by atoms with Crippen LogP contribution in [-0.4, -0.2) is 38.2 Å². The fourth-order valence-corrected chi connectivity index (χ4v) is 4.09. The molecule has 1 atom stereocenters. The Bertz CT molecular complexity index is 880. The summed E-state index contributed by atoms with van der Waals surface area (Å²) >= 11 is 0. The number of ether oxygens (including phenoxy) is 3. The third kappa shape index (κ3) is 4.11. The van der Waals surface area contributed by atoms with Crippen molar-refractivity contribution in [3.63, 3.8) is 0 Å². The molecule has 0 radical (unpaired) electrons. The molecular weight excluding hydrogens is 394 g/mol. The van der Waals surface area contributed by atoms with Gasteiger partial charge in [-0.2, -0.15) is 0 Å². The summed E-state index contributed by atoms with van der Waals surface area (Å²) in [6.45, 7) is 3.69. The number of amides is 1. The Balaban J connectivity index is 1.44. The SMILES string of the molecule is CCC1CN(c2c(F)cc(NC(=O)OCc3ccccc3)cc2F)CC12OCCO2. The Morgan fingerprint density at radius 3 is 2.50 bits per heavy atom. The average Bonchev–Trinajstić information content (AvgIpc) is 3.34. The molecule has 0 saturated carbocycles. The average molecular weight is 418 g/mol. The van der Waals surface area contributed by atoms with Gasteiger partial charge >= 0.3 is 6.09 Å². The molecule has 2 heterocycles. The van der Waals surface area contributed by atoms with E-state index in [1.165, 1.54) is 0 Å². The van der Waals surface area contributed by atoms with Gasteiger partial charge in [0.1, 0.15) is 12.3 Å². The number of hydrogen-bond donors (Lipinski definition) is 1. The number of benzene rings is 2. The molecule has 1 N–H and O–H groups in total. The van der Waals surface area contributed by atoms with E-state index in [9.17, 15) is 13.6 Å². The van der Waals surface area contributed by atoms with E-state index in [1.54, 1.807) is 4.90 Å². The molecular formula is C22H24F2N2O4. The lowest BCUT2D eigenvalue weighted by molar-refractivity contribution is -0.169. The van der Waals surface area contributed by atoms with E-state index in [0.717, 1.165) is 24.1 Å². The zero-order valence-corrected chi connectivity index (χ0v) is 16.7. The first-order valence-electron chi connectivity index (χ1n) is 10.0. The van der Waals surface area contributed by atoms with Crippen LogP contribution in [0.25, 0.3) is 0 Å². The van der Waals surface area contributed by atoms with E-state index < -0.39 is 23.5 Å². The van der Waals surface area contributed by atoms with Crippen molar-refractivity contribution in [3.8, 4) is 0 Å². The van der Waals surface area contributed by atoms with E-state index in [2.05, 4.69) is 5.32 Å². The topological polar surface area (TPSA) is 60.0 Å². The molecule has 6 nitrogen and oxygen atoms in total. The number of carbonyl (C=O) groups excluding carboxylic acids is 1. The number of halogens is 2. The molecule has 1 unspecified atom stereocenters. The number of nitrogens with zero attached hydrogens (tertiary/aromatic N) is 1. The van der Waals surface area contributed by atoms with Crippen molar-refractivity contribution in [3.05, 3.63) is 59.7 Å². The molecule has 8 heteroatoms. The minimum absolute atomic E-state index is 0.0128. The van der Waals surface area contributed by atoms with Crippen LogP contribution in [0.15, 0.2) is 42.5 Å². The van der Waals surface area contributed by atoms with Gasteiger partial charge in [0.05, 0.1) is 19.8 Å². The van der Waals surface area contributed by atoms with Gasteiger partial charge in [-0.1, -0.05) is 37.3 Å². The first-order chi connectivity index (χ1) is 14.5. The maximum absolute atomic E-state index is 14.8. The van der Waals surface area contributed by atoms with Crippen LogP contribution in [-0.2, 0) is 20.8 Å². The second-order valence-corrected chi connectivity index (χ2v) is 7.47. The summed E-state index contributed by atoms with van der Waals surface area (Å²) < 4.78 is 46.3. The highest BCUT2D eigenvalue weighted by atomic mass is 19.1. The summed E-state index contributed by atoms with van der Waals surface area (Å²) in [6, 6.07) is 11.3. The molecule has 4 rings (SSSR count). The molecule has 0 bridgehead atoms. The highest BCUT2D eigenvalue weighted by Gasteiger charge is 2.51. The Hall–Kier alpha value is -2.71. The Kier molecular flexibility index (Phi) is 5.87. The number of rotatable bonds is 5. The lowest BCUT2D eigenvalue weighted by Crippen LogP contribution is -2.39. The van der Waals surface area contributed by atoms with Crippen LogP contribution in [0.3, 0.4) is 0 Å². The first-order valence-corrected chi connectivity index (χ1v) is 10.0. The molecule has 2 aromatic rings. The maximum atomic E-state index is 14.8. The van der Waals surface area contributed by atoms with E-state index in [-0.39, 0.29) is 30.4 Å². The third-order valence-corrected chi connectivity index (χ3v) is 5.54. The normalized spacial score (nSPS) is 20.0. The van der Waals surface area contributed by atoms with E-state index >= 15 is 0 Å². The number of hydrogen-bond acceptors (Lipinski definition) is 5. The molecule has 0 aromatic heterocycles. The van der Waals surface area contributed by atoms with Crippen LogP contribution >= 0.6 is 0 Å². The Morgan fingerprint density at radius 2 is 1.87 bits per heavy atom. The molecule has 160 valence electrons. The van der Waals surface area contributed by atoms with Crippen molar-refractivity contribution in [2.45, 2.75) is 25.7 Å². The molecule has 2 aromatic carbocycles. The maximum Gasteiger partial charge on any atom is 0.411 e. The van der Waals surface area contributed by atoms with Gasteiger partial charge in [0, 0.05) is 18.2 Å². The quantitative estimate of drug-likeness (QED) is 0.785. The van der Waals surface area contributed by atoms with E-state index in [1.807, 2.05) is 37.3 Å². The van der Waals surface area contributed by atoms with Crippen LogP contribution < -0.4 is 10.2 Å². The van der Waals surface area contributed by atoms with Crippen LogP contribution in [0.5, 0.6) is 0 Å². The van der Waals surface area contributed by atoms with Crippen molar-refractivity contribution < 1.29 is 27.8 Å². The smallest absolute Gasteiger partial charge is 0.411 e. The standard InChI is InChI=1S/C22H24F2N2O4/c1-2-16-12-26(14-22(16)29-8-9-30-22)20-18(23)10-17(11-19(20)24)25-21(27)28-13-15-6-4-3-5-7-15/h3-7,10-11,16H,2,8-9,12-14H2,1H3,(H,25,27). The van der Waals surface area contributed by atoms with Gasteiger partial charge in [-0.05, 0) is 24.1 Å². The highest BCUT2D eigenvalue weighted by Crippen LogP contribution is 2.41. The van der Waals surface area contributed by atoms with Crippen LogP contribution in [0.4, 0.5) is 25.0 Å². The largest absolute Gasteiger partial charge is 0.444 e. The predicted octanol–water partition coefficient (Wildman–Crippen LogP) is 4.30. The van der Waals surface area contributed by atoms with Gasteiger partial charge in [0.15, 0.2) is 17.4 Å². The van der Waals surface area contributed by atoms with Gasteiger partial charge in [0.25, 0.3) is 0 Å². The summed E-state index contributed by atoms with van der Waals surface area (Å²) in [5.74, 6) is -2.33. The van der Waals surface area contributed by atoms with Crippen LogP contribution in [0.2, 0.25) is 0 Å². The molecule has 0 aliphatic carbocycles. The minimum Gasteiger partial charge on any atom is -0.444 e. The number of nitrogens with one attached hydrogen (secondary N) is 1. The van der Waals surface area contributed by atoms with Crippen molar-refractivity contribution >= 4 is 17.5 Å². The summed E-state index contributed by atoms with van der Waals surface area (Å²) in [7, 11) is 0. The summed E-state index contributed by atoms with van der Waals surface area (Å²) in [5, 5.41) is 2.37. The summed E-state index contributed by atoms with van der Waals surface area (Å²) in [6.07, 6.45) is -0.0172. The molecule has 2 saturated heterocycles. The van der Waals surface area contributed by atoms with Gasteiger partial charge in [0.2, 0.25) is 0 Å².